The van der Waals surface area contributed by atoms with Crippen LogP contribution in [0.3, 0.4) is 0 Å². The molecule has 0 saturated heterocycles. The van der Waals surface area contributed by atoms with Gasteiger partial charge in [-0.3, -0.25) is 4.79 Å². The van der Waals surface area contributed by atoms with Gasteiger partial charge in [-0.25, -0.2) is 13.6 Å². The Hall–Kier alpha value is -4.32. The van der Waals surface area contributed by atoms with Crippen LogP contribution in [0.5, 0.6) is 0 Å². The molecule has 0 aliphatic rings. The van der Waals surface area contributed by atoms with Gasteiger partial charge < -0.3 is 10.4 Å². The third-order valence-corrected chi connectivity index (χ3v) is 5.42. The van der Waals surface area contributed by atoms with Gasteiger partial charge in [0.25, 0.3) is 5.91 Å². The number of aromatic carboxylic acids is 1. The Kier molecular flexibility index (Phi) is 6.78. The number of benzene rings is 4. The number of carbonyl (C=O) groups is 2. The molecule has 0 bridgehead atoms. The molecule has 0 saturated carbocycles. The number of rotatable bonds is 7. The van der Waals surface area contributed by atoms with Crippen LogP contribution in [-0.2, 0) is 12.8 Å². The normalized spacial score (nSPS) is 10.6. The molecule has 0 radical (unpaired) electrons. The molecule has 0 spiro atoms. The minimum absolute atomic E-state index is 0.0939. The van der Waals surface area contributed by atoms with Crippen LogP contribution < -0.4 is 5.32 Å². The van der Waals surface area contributed by atoms with Gasteiger partial charge in [-0.15, -0.1) is 0 Å². The van der Waals surface area contributed by atoms with Gasteiger partial charge in [0.15, 0.2) is 0 Å². The summed E-state index contributed by atoms with van der Waals surface area (Å²) in [5.74, 6) is -2.09. The van der Waals surface area contributed by atoms with Gasteiger partial charge in [-0.2, -0.15) is 0 Å². The number of carbonyl (C=O) groups excluding carboxylic acids is 1. The Bertz CT molecular complexity index is 1330. The zero-order valence-electron chi connectivity index (χ0n) is 18.1. The van der Waals surface area contributed by atoms with Gasteiger partial charge in [-0.1, -0.05) is 36.4 Å². The van der Waals surface area contributed by atoms with Crippen LogP contribution in [-0.4, -0.2) is 17.0 Å². The summed E-state index contributed by atoms with van der Waals surface area (Å²) in [4.78, 5) is 24.5. The molecule has 0 atom stereocenters. The maximum atomic E-state index is 13.3. The molecule has 4 aromatic carbocycles. The first-order valence-electron chi connectivity index (χ1n) is 10.6. The van der Waals surface area contributed by atoms with Crippen LogP contribution >= 0.6 is 0 Å². The summed E-state index contributed by atoms with van der Waals surface area (Å²) in [6.07, 6.45) is 0.867. The highest BCUT2D eigenvalue weighted by Gasteiger charge is 2.14. The monoisotopic (exact) mass is 457 g/mol. The Balaban J connectivity index is 1.56. The van der Waals surface area contributed by atoms with E-state index >= 15 is 0 Å². The summed E-state index contributed by atoms with van der Waals surface area (Å²) in [5, 5.41) is 12.2. The first-order chi connectivity index (χ1) is 16.4. The maximum Gasteiger partial charge on any atom is 0.335 e. The standard InChI is InChI=1S/C28H21F2NO3/c29-24-9-4-18(5-10-24)14-20-2-1-3-21(16-20)27(32)31-26-13-8-22(28(33)34)17-23(26)15-19-6-11-25(30)12-7-19/h1-13,16-17H,14-15H2,(H,31,32)(H,33,34). The van der Waals surface area contributed by atoms with Crippen LogP contribution in [0, 0.1) is 11.6 Å². The fourth-order valence-electron chi connectivity index (χ4n) is 3.67. The highest BCUT2D eigenvalue weighted by molar-refractivity contribution is 6.05. The Labute approximate surface area is 195 Å². The number of carboxylic acid groups (broad SMARTS) is 1. The number of nitrogens with one attached hydrogen (secondary N) is 1. The predicted octanol–water partition coefficient (Wildman–Crippen LogP) is 6.10. The van der Waals surface area contributed by atoms with Gasteiger partial charge in [0, 0.05) is 11.3 Å². The number of hydrogen-bond donors (Lipinski definition) is 2. The first kappa shape index (κ1) is 22.9. The fraction of sp³-hybridized carbons (Fsp3) is 0.0714. The molecule has 0 aliphatic carbocycles. The highest BCUT2D eigenvalue weighted by atomic mass is 19.1. The first-order valence-corrected chi connectivity index (χ1v) is 10.6. The lowest BCUT2D eigenvalue weighted by Gasteiger charge is -2.13. The molecule has 0 heterocycles. The lowest BCUT2D eigenvalue weighted by atomic mass is 10.00. The minimum Gasteiger partial charge on any atom is -0.478 e. The molecule has 4 nitrogen and oxygen atoms in total. The van der Waals surface area contributed by atoms with Gasteiger partial charge in [-0.05, 0) is 89.7 Å². The molecular formula is C28H21F2NO3. The van der Waals surface area contributed by atoms with Gasteiger partial charge in [0.2, 0.25) is 0 Å². The molecule has 0 unspecified atom stereocenters. The highest BCUT2D eigenvalue weighted by Crippen LogP contribution is 2.23. The summed E-state index contributed by atoms with van der Waals surface area (Å²) in [6, 6.07) is 23.7. The largest absolute Gasteiger partial charge is 0.478 e. The lowest BCUT2D eigenvalue weighted by Crippen LogP contribution is -2.14. The number of carboxylic acids is 1. The van der Waals surface area contributed by atoms with Crippen LogP contribution in [0.25, 0.3) is 0 Å². The van der Waals surface area contributed by atoms with Crippen molar-refractivity contribution in [3.63, 3.8) is 0 Å². The summed E-state index contributed by atoms with van der Waals surface area (Å²) in [6.45, 7) is 0. The van der Waals surface area contributed by atoms with Gasteiger partial charge >= 0.3 is 5.97 Å². The molecule has 2 N–H and O–H groups in total. The van der Waals surface area contributed by atoms with E-state index in [0.29, 0.717) is 29.7 Å². The Morgan fingerprint density at radius 1 is 0.676 bits per heavy atom. The zero-order valence-corrected chi connectivity index (χ0v) is 18.1. The van der Waals surface area contributed by atoms with E-state index in [1.54, 1.807) is 48.5 Å². The van der Waals surface area contributed by atoms with E-state index in [9.17, 15) is 23.5 Å². The second-order valence-corrected chi connectivity index (χ2v) is 7.94. The van der Waals surface area contributed by atoms with E-state index < -0.39 is 5.97 Å². The van der Waals surface area contributed by atoms with E-state index in [1.807, 2.05) is 6.07 Å². The summed E-state index contributed by atoms with van der Waals surface area (Å²) in [7, 11) is 0. The molecule has 4 aromatic rings. The minimum atomic E-state index is -1.08. The number of halogens is 2. The Morgan fingerprint density at radius 3 is 1.91 bits per heavy atom. The second kappa shape index (κ2) is 10.1. The van der Waals surface area contributed by atoms with Crippen LogP contribution in [0.15, 0.2) is 91.0 Å². The molecule has 4 rings (SSSR count). The van der Waals surface area contributed by atoms with E-state index in [1.165, 1.54) is 36.4 Å². The quantitative estimate of drug-likeness (QED) is 0.353. The van der Waals surface area contributed by atoms with Crippen molar-refractivity contribution in [2.24, 2.45) is 0 Å². The molecule has 170 valence electrons. The number of amides is 1. The smallest absolute Gasteiger partial charge is 0.335 e. The van der Waals surface area contributed by atoms with E-state index in [0.717, 1.165) is 16.7 Å². The summed E-state index contributed by atoms with van der Waals surface area (Å²) in [5.41, 5.74) is 4.20. The van der Waals surface area contributed by atoms with Gasteiger partial charge in [0.1, 0.15) is 11.6 Å². The summed E-state index contributed by atoms with van der Waals surface area (Å²) >= 11 is 0. The molecule has 34 heavy (non-hydrogen) atoms. The van der Waals surface area contributed by atoms with Crippen molar-refractivity contribution in [3.05, 3.63) is 136 Å². The van der Waals surface area contributed by atoms with Crippen LogP contribution in [0.2, 0.25) is 0 Å². The SMILES string of the molecule is O=C(O)c1ccc(NC(=O)c2cccc(Cc3ccc(F)cc3)c2)c(Cc2ccc(F)cc2)c1. The van der Waals surface area contributed by atoms with Crippen molar-refractivity contribution >= 4 is 17.6 Å². The third kappa shape index (κ3) is 5.72. The average Bonchev–Trinajstić information content (AvgIpc) is 2.83. The topological polar surface area (TPSA) is 66.4 Å². The number of hydrogen-bond acceptors (Lipinski definition) is 2. The number of anilines is 1. The van der Waals surface area contributed by atoms with E-state index in [4.69, 9.17) is 0 Å². The molecular weight excluding hydrogens is 436 g/mol. The molecule has 0 aliphatic heterocycles. The van der Waals surface area contributed by atoms with Crippen molar-refractivity contribution in [1.29, 1.82) is 0 Å². The van der Waals surface area contributed by atoms with E-state index in [2.05, 4.69) is 5.32 Å². The van der Waals surface area contributed by atoms with Crippen LogP contribution in [0.1, 0.15) is 43.0 Å². The van der Waals surface area contributed by atoms with Crippen LogP contribution in [0.4, 0.5) is 14.5 Å². The molecule has 0 fully saturated rings. The zero-order chi connectivity index (χ0) is 24.1. The maximum absolute atomic E-state index is 13.3. The predicted molar refractivity (Wildman–Crippen MR) is 126 cm³/mol. The molecule has 6 heteroatoms. The molecule has 0 aromatic heterocycles. The second-order valence-electron chi connectivity index (χ2n) is 7.94. The average molecular weight is 457 g/mol. The van der Waals surface area contributed by atoms with Crippen molar-refractivity contribution < 1.29 is 23.5 Å². The van der Waals surface area contributed by atoms with Gasteiger partial charge in [0.05, 0.1) is 5.56 Å². The Morgan fingerprint density at radius 2 is 1.29 bits per heavy atom. The summed E-state index contributed by atoms with van der Waals surface area (Å²) < 4.78 is 26.4. The molecule has 1 amide bonds. The van der Waals surface area contributed by atoms with Crippen molar-refractivity contribution in [2.45, 2.75) is 12.8 Å². The van der Waals surface area contributed by atoms with E-state index in [-0.39, 0.29) is 23.1 Å². The van der Waals surface area contributed by atoms with Crippen molar-refractivity contribution in [3.8, 4) is 0 Å². The van der Waals surface area contributed by atoms with Crippen molar-refractivity contribution in [1.82, 2.24) is 0 Å². The third-order valence-electron chi connectivity index (χ3n) is 5.42. The fourth-order valence-corrected chi connectivity index (χ4v) is 3.67. The van der Waals surface area contributed by atoms with Crippen molar-refractivity contribution in [2.75, 3.05) is 5.32 Å². The lowest BCUT2D eigenvalue weighted by molar-refractivity contribution is 0.0696.